The van der Waals surface area contributed by atoms with Crippen molar-refractivity contribution in [2.45, 2.75) is 19.4 Å². The molecule has 1 atom stereocenters. The van der Waals surface area contributed by atoms with Crippen LogP contribution in [0.2, 0.25) is 0 Å². The van der Waals surface area contributed by atoms with Crippen molar-refractivity contribution in [2.24, 2.45) is 0 Å². The molecule has 0 saturated carbocycles. The van der Waals surface area contributed by atoms with Crippen LogP contribution in [0.15, 0.2) is 67.0 Å². The monoisotopic (exact) mass is 359 g/mol. The Balaban J connectivity index is 1.57. The van der Waals surface area contributed by atoms with Crippen molar-refractivity contribution in [3.63, 3.8) is 0 Å². The molecule has 0 fully saturated rings. The van der Waals surface area contributed by atoms with Crippen molar-refractivity contribution in [1.29, 1.82) is 0 Å². The quantitative estimate of drug-likeness (QED) is 0.749. The van der Waals surface area contributed by atoms with Gasteiger partial charge in [-0.3, -0.25) is 9.78 Å². The number of hydrogen-bond acceptors (Lipinski definition) is 4. The number of fused-ring (bicyclic) bond motifs is 1. The zero-order chi connectivity index (χ0) is 18.8. The normalized spacial score (nSPS) is 15.3. The summed E-state index contributed by atoms with van der Waals surface area (Å²) in [6, 6.07) is 17.7. The molecule has 0 radical (unpaired) electrons. The van der Waals surface area contributed by atoms with Gasteiger partial charge in [-0.25, -0.2) is 0 Å². The van der Waals surface area contributed by atoms with E-state index in [1.165, 1.54) is 5.56 Å². The lowest BCUT2D eigenvalue weighted by Crippen LogP contribution is -2.35. The van der Waals surface area contributed by atoms with Crippen LogP contribution in [0.3, 0.4) is 0 Å². The van der Waals surface area contributed by atoms with Gasteiger partial charge in [-0.15, -0.1) is 0 Å². The van der Waals surface area contributed by atoms with E-state index in [1.807, 2.05) is 53.4 Å². The van der Waals surface area contributed by atoms with E-state index < -0.39 is 0 Å². The molecule has 27 heavy (non-hydrogen) atoms. The zero-order valence-electron chi connectivity index (χ0n) is 15.3. The number of ether oxygens (including phenoxy) is 1. The Morgan fingerprint density at radius 1 is 1.11 bits per heavy atom. The van der Waals surface area contributed by atoms with E-state index in [1.54, 1.807) is 19.5 Å². The maximum absolute atomic E-state index is 13.1. The van der Waals surface area contributed by atoms with Crippen LogP contribution in [0.1, 0.15) is 22.8 Å². The number of carbonyl (C=O) groups excluding carboxylic acids is 1. The minimum Gasteiger partial charge on any atom is -0.497 e. The lowest BCUT2D eigenvalue weighted by Gasteiger charge is -2.23. The summed E-state index contributed by atoms with van der Waals surface area (Å²) in [4.78, 5) is 19.3. The molecular weight excluding hydrogens is 338 g/mol. The fourth-order valence-corrected chi connectivity index (χ4v) is 3.48. The SMILES string of the molecule is COc1ccc(Nc2cncc(C(=O)N3c4ccccc4CC3C)c2)cc1. The van der Waals surface area contributed by atoms with Crippen molar-refractivity contribution in [1.82, 2.24) is 4.98 Å². The van der Waals surface area contributed by atoms with E-state index in [0.717, 1.165) is 29.2 Å². The lowest BCUT2D eigenvalue weighted by molar-refractivity contribution is 0.0981. The van der Waals surface area contributed by atoms with Crippen LogP contribution in [-0.4, -0.2) is 24.0 Å². The number of benzene rings is 2. The number of nitrogens with one attached hydrogen (secondary N) is 1. The van der Waals surface area contributed by atoms with Crippen molar-refractivity contribution in [2.75, 3.05) is 17.3 Å². The summed E-state index contributed by atoms with van der Waals surface area (Å²) in [5.41, 5.74) is 4.44. The summed E-state index contributed by atoms with van der Waals surface area (Å²) in [6.07, 6.45) is 4.21. The smallest absolute Gasteiger partial charge is 0.260 e. The molecule has 0 saturated heterocycles. The standard InChI is InChI=1S/C22H21N3O2/c1-15-11-16-5-3-4-6-21(16)25(15)22(26)17-12-19(14-23-13-17)24-18-7-9-20(27-2)10-8-18/h3-10,12-15,24H,11H2,1-2H3. The highest BCUT2D eigenvalue weighted by atomic mass is 16.5. The van der Waals surface area contributed by atoms with Gasteiger partial charge in [0.05, 0.1) is 24.6 Å². The lowest BCUT2D eigenvalue weighted by atomic mass is 10.1. The van der Waals surface area contributed by atoms with Crippen molar-refractivity contribution < 1.29 is 9.53 Å². The highest BCUT2D eigenvalue weighted by Crippen LogP contribution is 2.33. The fraction of sp³-hybridized carbons (Fsp3) is 0.182. The van der Waals surface area contributed by atoms with E-state index in [-0.39, 0.29) is 11.9 Å². The van der Waals surface area contributed by atoms with Crippen LogP contribution >= 0.6 is 0 Å². The molecule has 1 aliphatic rings. The van der Waals surface area contributed by atoms with Crippen LogP contribution in [0.25, 0.3) is 0 Å². The summed E-state index contributed by atoms with van der Waals surface area (Å²) in [6.45, 7) is 2.07. The van der Waals surface area contributed by atoms with Crippen molar-refractivity contribution >= 4 is 23.0 Å². The van der Waals surface area contributed by atoms with Gasteiger partial charge in [-0.1, -0.05) is 18.2 Å². The number of para-hydroxylation sites is 1. The van der Waals surface area contributed by atoms with Crippen LogP contribution in [0.4, 0.5) is 17.1 Å². The van der Waals surface area contributed by atoms with Crippen molar-refractivity contribution in [3.8, 4) is 5.75 Å². The molecule has 2 aromatic carbocycles. The van der Waals surface area contributed by atoms with Gasteiger partial charge in [0, 0.05) is 23.6 Å². The first-order valence-corrected chi connectivity index (χ1v) is 8.93. The second-order valence-electron chi connectivity index (χ2n) is 6.67. The Labute approximate surface area is 158 Å². The van der Waals surface area contributed by atoms with E-state index >= 15 is 0 Å². The Kier molecular flexibility index (Phi) is 4.50. The molecule has 1 aromatic heterocycles. The Morgan fingerprint density at radius 2 is 1.89 bits per heavy atom. The predicted octanol–water partition coefficient (Wildman–Crippen LogP) is 4.43. The second kappa shape index (κ2) is 7.11. The summed E-state index contributed by atoms with van der Waals surface area (Å²) in [7, 11) is 1.64. The van der Waals surface area contributed by atoms with Crippen molar-refractivity contribution in [3.05, 3.63) is 78.1 Å². The predicted molar refractivity (Wildman–Crippen MR) is 107 cm³/mol. The topological polar surface area (TPSA) is 54.5 Å². The Hall–Kier alpha value is -3.34. The largest absolute Gasteiger partial charge is 0.497 e. The van der Waals surface area contributed by atoms with E-state index in [9.17, 15) is 4.79 Å². The molecule has 0 bridgehead atoms. The van der Waals surface area contributed by atoms with Gasteiger partial charge in [0.1, 0.15) is 5.75 Å². The van der Waals surface area contributed by atoms with Gasteiger partial charge < -0.3 is 15.0 Å². The Bertz CT molecular complexity index is 969. The van der Waals surface area contributed by atoms with Gasteiger partial charge in [0.15, 0.2) is 0 Å². The average molecular weight is 359 g/mol. The number of methoxy groups -OCH3 is 1. The number of amides is 1. The molecule has 0 aliphatic carbocycles. The van der Waals surface area contributed by atoms with E-state index in [0.29, 0.717) is 5.56 Å². The van der Waals surface area contributed by atoms with Crippen LogP contribution in [0.5, 0.6) is 5.75 Å². The molecule has 1 amide bonds. The third-order valence-electron chi connectivity index (χ3n) is 4.79. The van der Waals surface area contributed by atoms with Gasteiger partial charge in [0.25, 0.3) is 5.91 Å². The van der Waals surface area contributed by atoms with Gasteiger partial charge in [-0.05, 0) is 55.3 Å². The van der Waals surface area contributed by atoms with Gasteiger partial charge in [0.2, 0.25) is 0 Å². The molecule has 4 rings (SSSR count). The fourth-order valence-electron chi connectivity index (χ4n) is 3.48. The summed E-state index contributed by atoms with van der Waals surface area (Å²) < 4.78 is 5.18. The van der Waals surface area contributed by atoms with Crippen LogP contribution in [0, 0.1) is 0 Å². The maximum atomic E-state index is 13.1. The molecule has 1 aliphatic heterocycles. The third-order valence-corrected chi connectivity index (χ3v) is 4.79. The molecule has 5 heteroatoms. The summed E-state index contributed by atoms with van der Waals surface area (Å²) >= 11 is 0. The van der Waals surface area contributed by atoms with Gasteiger partial charge >= 0.3 is 0 Å². The molecule has 2 heterocycles. The van der Waals surface area contributed by atoms with Gasteiger partial charge in [-0.2, -0.15) is 0 Å². The molecule has 5 nitrogen and oxygen atoms in total. The first-order chi connectivity index (χ1) is 13.2. The number of nitrogens with zero attached hydrogens (tertiary/aromatic N) is 2. The minimum absolute atomic E-state index is 0.0293. The molecule has 1 N–H and O–H groups in total. The summed E-state index contributed by atoms with van der Waals surface area (Å²) in [5.74, 6) is 0.766. The molecule has 1 unspecified atom stereocenters. The van der Waals surface area contributed by atoms with Crippen LogP contribution < -0.4 is 15.0 Å². The summed E-state index contributed by atoms with van der Waals surface area (Å²) in [5, 5.41) is 3.28. The number of anilines is 3. The number of carbonyl (C=O) groups is 1. The number of aromatic nitrogens is 1. The first-order valence-electron chi connectivity index (χ1n) is 8.93. The molecule has 136 valence electrons. The molecule has 3 aromatic rings. The highest BCUT2D eigenvalue weighted by Gasteiger charge is 2.31. The Morgan fingerprint density at radius 3 is 2.67 bits per heavy atom. The maximum Gasteiger partial charge on any atom is 0.260 e. The van der Waals surface area contributed by atoms with E-state index in [2.05, 4.69) is 23.3 Å². The molecule has 0 spiro atoms. The highest BCUT2D eigenvalue weighted by molar-refractivity contribution is 6.08. The zero-order valence-corrected chi connectivity index (χ0v) is 15.3. The van der Waals surface area contributed by atoms with E-state index in [4.69, 9.17) is 4.74 Å². The average Bonchev–Trinajstić information content (AvgIpc) is 3.04. The minimum atomic E-state index is -0.0293. The first kappa shape index (κ1) is 17.1. The second-order valence-corrected chi connectivity index (χ2v) is 6.67. The third kappa shape index (κ3) is 3.36. The number of rotatable bonds is 4. The molecular formula is C22H21N3O2. The van der Waals surface area contributed by atoms with Crippen LogP contribution in [-0.2, 0) is 6.42 Å². The number of hydrogen-bond donors (Lipinski definition) is 1. The number of pyridine rings is 1.